The number of fused-ring (bicyclic) bond motifs is 1. The molecule has 0 radical (unpaired) electrons. The van der Waals surface area contributed by atoms with Crippen LogP contribution >= 0.6 is 11.3 Å². The first kappa shape index (κ1) is 13.5. The molecule has 21 heavy (non-hydrogen) atoms. The van der Waals surface area contributed by atoms with Crippen LogP contribution in [0, 0.1) is 6.92 Å². The van der Waals surface area contributed by atoms with Gasteiger partial charge in [-0.15, -0.1) is 11.3 Å². The Labute approximate surface area is 125 Å². The zero-order chi connectivity index (χ0) is 15.0. The quantitative estimate of drug-likeness (QED) is 0.806. The van der Waals surface area contributed by atoms with Crippen LogP contribution < -0.4 is 10.5 Å². The van der Waals surface area contributed by atoms with E-state index in [0.29, 0.717) is 5.75 Å². The number of ether oxygens (including phenoxy) is 1. The largest absolute Gasteiger partial charge is 0.494 e. The monoisotopic (exact) mass is 299 g/mol. The molecular weight excluding hydrogens is 286 g/mol. The van der Waals surface area contributed by atoms with E-state index in [4.69, 9.17) is 10.5 Å². The van der Waals surface area contributed by atoms with Gasteiger partial charge in [0.1, 0.15) is 22.0 Å². The lowest BCUT2D eigenvalue weighted by Gasteiger charge is -2.08. The summed E-state index contributed by atoms with van der Waals surface area (Å²) in [6.07, 6.45) is 0. The highest BCUT2D eigenvalue weighted by Crippen LogP contribution is 2.34. The maximum absolute atomic E-state index is 11.2. The van der Waals surface area contributed by atoms with Crippen molar-refractivity contribution in [3.05, 3.63) is 41.0 Å². The number of hydrogen-bond donors (Lipinski definition) is 1. The van der Waals surface area contributed by atoms with E-state index in [2.05, 4.69) is 9.97 Å². The molecule has 3 aromatic rings. The third-order valence-electron chi connectivity index (χ3n) is 3.17. The number of nitrogens with two attached hydrogens (primary N) is 1. The van der Waals surface area contributed by atoms with Crippen LogP contribution in [0.2, 0.25) is 0 Å². The summed E-state index contributed by atoms with van der Waals surface area (Å²) in [4.78, 5) is 20.0. The van der Waals surface area contributed by atoms with E-state index in [-0.39, 0.29) is 5.69 Å². The molecule has 106 valence electrons. The SMILES string of the molecule is COc1ccc(-c2nc(C(N)=O)cs2)c2ccc(C)nc12. The maximum Gasteiger partial charge on any atom is 0.268 e. The van der Waals surface area contributed by atoms with Crippen LogP contribution in [-0.2, 0) is 0 Å². The second-order valence-electron chi connectivity index (χ2n) is 4.57. The molecule has 6 heteroatoms. The molecule has 2 aromatic heterocycles. The Hall–Kier alpha value is -2.47. The molecule has 0 bridgehead atoms. The van der Waals surface area contributed by atoms with E-state index in [9.17, 15) is 4.79 Å². The summed E-state index contributed by atoms with van der Waals surface area (Å²) in [5.41, 5.74) is 8.14. The Morgan fingerprint density at radius 1 is 1.24 bits per heavy atom. The number of methoxy groups -OCH3 is 1. The summed E-state index contributed by atoms with van der Waals surface area (Å²) < 4.78 is 5.36. The minimum Gasteiger partial charge on any atom is -0.494 e. The van der Waals surface area contributed by atoms with Gasteiger partial charge in [0.15, 0.2) is 0 Å². The minimum atomic E-state index is -0.524. The number of amides is 1. The Morgan fingerprint density at radius 2 is 2.05 bits per heavy atom. The predicted octanol–water partition coefficient (Wildman–Crippen LogP) is 2.77. The van der Waals surface area contributed by atoms with Crippen LogP contribution in [0.1, 0.15) is 16.2 Å². The number of pyridine rings is 1. The average Bonchev–Trinajstić information content (AvgIpc) is 2.95. The number of benzene rings is 1. The number of aromatic nitrogens is 2. The summed E-state index contributed by atoms with van der Waals surface area (Å²) >= 11 is 1.38. The number of carbonyl (C=O) groups excluding carboxylic acids is 1. The minimum absolute atomic E-state index is 0.277. The van der Waals surface area contributed by atoms with Gasteiger partial charge >= 0.3 is 0 Å². The smallest absolute Gasteiger partial charge is 0.268 e. The molecular formula is C15H13N3O2S. The second-order valence-corrected chi connectivity index (χ2v) is 5.42. The van der Waals surface area contributed by atoms with Crippen molar-refractivity contribution in [2.75, 3.05) is 7.11 Å². The first-order valence-electron chi connectivity index (χ1n) is 6.30. The molecule has 0 saturated heterocycles. The molecule has 0 aliphatic rings. The van der Waals surface area contributed by atoms with Gasteiger partial charge in [-0.05, 0) is 25.1 Å². The normalized spacial score (nSPS) is 10.8. The van der Waals surface area contributed by atoms with E-state index in [1.165, 1.54) is 11.3 Å². The molecule has 0 aliphatic heterocycles. The highest BCUT2D eigenvalue weighted by Gasteiger charge is 2.14. The Balaban J connectivity index is 2.25. The predicted molar refractivity (Wildman–Crippen MR) is 82.7 cm³/mol. The molecule has 1 amide bonds. The highest BCUT2D eigenvalue weighted by atomic mass is 32.1. The van der Waals surface area contributed by atoms with Crippen LogP contribution in [0.4, 0.5) is 0 Å². The molecule has 2 N–H and O–H groups in total. The number of hydrogen-bond acceptors (Lipinski definition) is 5. The fraction of sp³-hybridized carbons (Fsp3) is 0.133. The van der Waals surface area contributed by atoms with Gasteiger partial charge in [0.05, 0.1) is 7.11 Å². The lowest BCUT2D eigenvalue weighted by molar-refractivity contribution is 0.0996. The van der Waals surface area contributed by atoms with Crippen LogP contribution in [0.25, 0.3) is 21.5 Å². The first-order chi connectivity index (χ1) is 10.1. The molecule has 0 fully saturated rings. The van der Waals surface area contributed by atoms with Crippen molar-refractivity contribution >= 4 is 28.1 Å². The summed E-state index contributed by atoms with van der Waals surface area (Å²) in [7, 11) is 1.62. The van der Waals surface area contributed by atoms with Gasteiger partial charge in [0.25, 0.3) is 5.91 Å². The van der Waals surface area contributed by atoms with Crippen LogP contribution in [0.5, 0.6) is 5.75 Å². The molecule has 5 nitrogen and oxygen atoms in total. The first-order valence-corrected chi connectivity index (χ1v) is 7.18. The molecule has 0 unspecified atom stereocenters. The van der Waals surface area contributed by atoms with Gasteiger partial charge < -0.3 is 10.5 Å². The topological polar surface area (TPSA) is 78.1 Å². The third kappa shape index (κ3) is 2.34. The Morgan fingerprint density at radius 3 is 2.71 bits per heavy atom. The zero-order valence-corrected chi connectivity index (χ0v) is 12.4. The zero-order valence-electron chi connectivity index (χ0n) is 11.6. The van der Waals surface area contributed by atoms with Crippen molar-refractivity contribution < 1.29 is 9.53 Å². The number of nitrogens with zero attached hydrogens (tertiary/aromatic N) is 2. The van der Waals surface area contributed by atoms with E-state index < -0.39 is 5.91 Å². The molecule has 2 heterocycles. The molecule has 0 saturated carbocycles. The second kappa shape index (κ2) is 5.14. The Kier molecular flexibility index (Phi) is 3.31. The van der Waals surface area contributed by atoms with Crippen LogP contribution in [0.15, 0.2) is 29.6 Å². The fourth-order valence-electron chi connectivity index (χ4n) is 2.15. The number of rotatable bonds is 3. The average molecular weight is 299 g/mol. The van der Waals surface area contributed by atoms with Gasteiger partial charge in [-0.3, -0.25) is 4.79 Å². The van der Waals surface area contributed by atoms with E-state index in [0.717, 1.165) is 27.2 Å². The number of thiazole rings is 1. The number of aryl methyl sites for hydroxylation is 1. The summed E-state index contributed by atoms with van der Waals surface area (Å²) in [5, 5.41) is 3.34. The maximum atomic E-state index is 11.2. The molecule has 0 aliphatic carbocycles. The number of carbonyl (C=O) groups is 1. The van der Waals surface area contributed by atoms with E-state index in [1.807, 2.05) is 31.2 Å². The van der Waals surface area contributed by atoms with Gasteiger partial charge in [-0.1, -0.05) is 6.07 Å². The third-order valence-corrected chi connectivity index (χ3v) is 4.04. The summed E-state index contributed by atoms with van der Waals surface area (Å²) in [5.74, 6) is 0.188. The molecule has 3 rings (SSSR count). The molecule has 0 atom stereocenters. The van der Waals surface area contributed by atoms with Gasteiger partial charge in [0.2, 0.25) is 0 Å². The van der Waals surface area contributed by atoms with E-state index in [1.54, 1.807) is 12.5 Å². The lowest BCUT2D eigenvalue weighted by atomic mass is 10.1. The Bertz CT molecular complexity index is 842. The van der Waals surface area contributed by atoms with Crippen molar-refractivity contribution in [2.24, 2.45) is 5.73 Å². The van der Waals surface area contributed by atoms with Gasteiger partial charge in [0, 0.05) is 22.0 Å². The van der Waals surface area contributed by atoms with Gasteiger partial charge in [-0.25, -0.2) is 9.97 Å². The molecule has 0 spiro atoms. The number of primary amides is 1. The van der Waals surface area contributed by atoms with Gasteiger partial charge in [-0.2, -0.15) is 0 Å². The van der Waals surface area contributed by atoms with Crippen molar-refractivity contribution in [1.82, 2.24) is 9.97 Å². The summed E-state index contributed by atoms with van der Waals surface area (Å²) in [6, 6.07) is 7.70. The van der Waals surface area contributed by atoms with Crippen LogP contribution in [-0.4, -0.2) is 23.0 Å². The van der Waals surface area contributed by atoms with Crippen molar-refractivity contribution in [3.8, 4) is 16.3 Å². The van der Waals surface area contributed by atoms with Crippen molar-refractivity contribution in [3.63, 3.8) is 0 Å². The standard InChI is InChI=1S/C15H13N3O2S/c1-8-3-4-9-10(5-6-12(20-2)13(9)17-8)15-18-11(7-21-15)14(16)19/h3-7H,1-2H3,(H2,16,19). The summed E-state index contributed by atoms with van der Waals surface area (Å²) in [6.45, 7) is 1.93. The fourth-order valence-corrected chi connectivity index (χ4v) is 3.00. The lowest BCUT2D eigenvalue weighted by Crippen LogP contribution is -2.10. The highest BCUT2D eigenvalue weighted by molar-refractivity contribution is 7.13. The molecule has 1 aromatic carbocycles. The van der Waals surface area contributed by atoms with Crippen LogP contribution in [0.3, 0.4) is 0 Å². The van der Waals surface area contributed by atoms with E-state index >= 15 is 0 Å². The van der Waals surface area contributed by atoms with Crippen molar-refractivity contribution in [1.29, 1.82) is 0 Å². The van der Waals surface area contributed by atoms with Crippen molar-refractivity contribution in [2.45, 2.75) is 6.92 Å².